The second-order valence-corrected chi connectivity index (χ2v) is 9.92. The van der Waals surface area contributed by atoms with Crippen LogP contribution in [0.4, 0.5) is 11.4 Å². The molecule has 0 amide bonds. The minimum atomic E-state index is 0.691. The van der Waals surface area contributed by atoms with Crippen LogP contribution in [0.5, 0.6) is 0 Å². The number of piperazine rings is 1. The Morgan fingerprint density at radius 3 is 2.40 bits per heavy atom. The minimum Gasteiger partial charge on any atom is -0.378 e. The standard InChI is InChI=1S/C26H39N3O/c1-2-3-12-27-13-15-29(16-14-27)25-5-4-23(28-17-19-30-20-18-28)21-24(25)22-6-8-26(9-7-22)10-11-26/h4-6,21H,2-3,7-20H2,1H3. The molecule has 3 fully saturated rings. The molecule has 2 heterocycles. The monoisotopic (exact) mass is 409 g/mol. The van der Waals surface area contributed by atoms with Gasteiger partial charge in [-0.1, -0.05) is 19.4 Å². The highest BCUT2D eigenvalue weighted by Crippen LogP contribution is 2.57. The molecule has 4 aliphatic rings. The van der Waals surface area contributed by atoms with E-state index in [1.54, 1.807) is 5.57 Å². The third-order valence-corrected chi connectivity index (χ3v) is 7.91. The topological polar surface area (TPSA) is 19.0 Å². The van der Waals surface area contributed by atoms with Gasteiger partial charge in [0.05, 0.1) is 13.2 Å². The van der Waals surface area contributed by atoms with Gasteiger partial charge in [0, 0.05) is 56.2 Å². The summed E-state index contributed by atoms with van der Waals surface area (Å²) in [6.45, 7) is 12.0. The van der Waals surface area contributed by atoms with Gasteiger partial charge in [0.25, 0.3) is 0 Å². The van der Waals surface area contributed by atoms with Crippen molar-refractivity contribution in [3.63, 3.8) is 0 Å². The number of nitrogens with zero attached hydrogens (tertiary/aromatic N) is 3. The molecule has 0 aromatic heterocycles. The number of morpholine rings is 1. The summed E-state index contributed by atoms with van der Waals surface area (Å²) < 4.78 is 5.59. The highest BCUT2D eigenvalue weighted by atomic mass is 16.5. The number of rotatable bonds is 6. The Bertz CT molecular complexity index is 756. The fourth-order valence-corrected chi connectivity index (χ4v) is 5.49. The molecule has 0 radical (unpaired) electrons. The third-order valence-electron chi connectivity index (χ3n) is 7.91. The van der Waals surface area contributed by atoms with E-state index in [1.807, 2.05) is 0 Å². The molecular weight excluding hydrogens is 370 g/mol. The Balaban J connectivity index is 1.38. The van der Waals surface area contributed by atoms with Crippen LogP contribution in [0, 0.1) is 5.41 Å². The van der Waals surface area contributed by atoms with E-state index in [0.717, 1.165) is 39.4 Å². The van der Waals surface area contributed by atoms with E-state index in [2.05, 4.69) is 45.9 Å². The Kier molecular flexibility index (Phi) is 6.06. The van der Waals surface area contributed by atoms with Gasteiger partial charge in [0.2, 0.25) is 0 Å². The van der Waals surface area contributed by atoms with E-state index in [0.29, 0.717) is 5.41 Å². The Morgan fingerprint density at radius 2 is 1.73 bits per heavy atom. The number of allylic oxidation sites excluding steroid dienone is 2. The zero-order valence-corrected chi connectivity index (χ0v) is 18.9. The third kappa shape index (κ3) is 4.40. The largest absolute Gasteiger partial charge is 0.378 e. The first-order valence-corrected chi connectivity index (χ1v) is 12.4. The molecule has 2 saturated heterocycles. The number of benzene rings is 1. The molecule has 1 spiro atoms. The van der Waals surface area contributed by atoms with Crippen molar-refractivity contribution in [1.29, 1.82) is 0 Å². The second-order valence-electron chi connectivity index (χ2n) is 9.92. The molecule has 30 heavy (non-hydrogen) atoms. The highest BCUT2D eigenvalue weighted by molar-refractivity contribution is 5.80. The summed E-state index contributed by atoms with van der Waals surface area (Å²) in [5, 5.41) is 0. The molecule has 0 N–H and O–H groups in total. The van der Waals surface area contributed by atoms with Gasteiger partial charge in [0.15, 0.2) is 0 Å². The number of unbranched alkanes of at least 4 members (excludes halogenated alkanes) is 1. The second kappa shape index (κ2) is 8.92. The summed E-state index contributed by atoms with van der Waals surface area (Å²) >= 11 is 0. The van der Waals surface area contributed by atoms with Crippen LogP contribution in [0.15, 0.2) is 24.3 Å². The first kappa shape index (κ1) is 20.4. The summed E-state index contributed by atoms with van der Waals surface area (Å²) in [7, 11) is 0. The molecule has 1 aromatic rings. The van der Waals surface area contributed by atoms with Gasteiger partial charge in [-0.25, -0.2) is 0 Å². The van der Waals surface area contributed by atoms with E-state index in [4.69, 9.17) is 4.74 Å². The zero-order chi connectivity index (χ0) is 20.4. The highest BCUT2D eigenvalue weighted by Gasteiger charge is 2.43. The van der Waals surface area contributed by atoms with Gasteiger partial charge < -0.3 is 14.5 Å². The predicted molar refractivity (Wildman–Crippen MR) is 127 cm³/mol. The molecular formula is C26H39N3O. The molecule has 2 aliphatic carbocycles. The van der Waals surface area contributed by atoms with E-state index in [9.17, 15) is 0 Å². The van der Waals surface area contributed by atoms with E-state index >= 15 is 0 Å². The maximum Gasteiger partial charge on any atom is 0.0642 e. The van der Waals surface area contributed by atoms with Crippen LogP contribution >= 0.6 is 0 Å². The Morgan fingerprint density at radius 1 is 0.933 bits per heavy atom. The maximum atomic E-state index is 5.59. The van der Waals surface area contributed by atoms with Gasteiger partial charge in [-0.15, -0.1) is 0 Å². The normalized spacial score (nSPS) is 24.2. The molecule has 5 rings (SSSR count). The van der Waals surface area contributed by atoms with Crippen LogP contribution in [0.25, 0.3) is 5.57 Å². The van der Waals surface area contributed by atoms with Crippen LogP contribution in [0.2, 0.25) is 0 Å². The Labute approximate surface area is 182 Å². The SMILES string of the molecule is CCCCN1CCN(c2ccc(N3CCOCC3)cc2C2=CCC3(CC2)CC3)CC1. The van der Waals surface area contributed by atoms with Crippen molar-refractivity contribution >= 4 is 16.9 Å². The predicted octanol–water partition coefficient (Wildman–Crippen LogP) is 4.79. The van der Waals surface area contributed by atoms with E-state index < -0.39 is 0 Å². The van der Waals surface area contributed by atoms with Crippen LogP contribution in [0.3, 0.4) is 0 Å². The fourth-order valence-electron chi connectivity index (χ4n) is 5.49. The summed E-state index contributed by atoms with van der Waals surface area (Å²) in [6.07, 6.45) is 12.1. The Hall–Kier alpha value is -1.52. The number of hydrogen-bond acceptors (Lipinski definition) is 4. The number of hydrogen-bond donors (Lipinski definition) is 0. The van der Waals surface area contributed by atoms with Crippen molar-refractivity contribution in [2.24, 2.45) is 5.41 Å². The summed E-state index contributed by atoms with van der Waals surface area (Å²) in [5.74, 6) is 0. The van der Waals surface area contributed by atoms with Crippen LogP contribution < -0.4 is 9.80 Å². The lowest BCUT2D eigenvalue weighted by molar-refractivity contribution is 0.122. The summed E-state index contributed by atoms with van der Waals surface area (Å²) in [5.41, 5.74) is 6.66. The quantitative estimate of drug-likeness (QED) is 0.672. The van der Waals surface area contributed by atoms with Gasteiger partial charge >= 0.3 is 0 Å². The molecule has 0 atom stereocenters. The van der Waals surface area contributed by atoms with Crippen molar-refractivity contribution < 1.29 is 4.74 Å². The molecule has 1 saturated carbocycles. The van der Waals surface area contributed by atoms with Gasteiger partial charge in [-0.3, -0.25) is 4.90 Å². The average Bonchev–Trinajstić information content (AvgIpc) is 3.57. The molecule has 1 aromatic carbocycles. The van der Waals surface area contributed by atoms with Crippen molar-refractivity contribution in [3.8, 4) is 0 Å². The molecule has 4 nitrogen and oxygen atoms in total. The van der Waals surface area contributed by atoms with Crippen LogP contribution in [-0.4, -0.2) is 63.9 Å². The van der Waals surface area contributed by atoms with Gasteiger partial charge in [0.1, 0.15) is 0 Å². The summed E-state index contributed by atoms with van der Waals surface area (Å²) in [6, 6.07) is 7.28. The molecule has 164 valence electrons. The van der Waals surface area contributed by atoms with Gasteiger partial charge in [-0.2, -0.15) is 0 Å². The zero-order valence-electron chi connectivity index (χ0n) is 18.9. The molecule has 4 heteroatoms. The van der Waals surface area contributed by atoms with Crippen molar-refractivity contribution in [1.82, 2.24) is 4.90 Å². The minimum absolute atomic E-state index is 0.691. The lowest BCUT2D eigenvalue weighted by Gasteiger charge is -2.38. The molecule has 2 aliphatic heterocycles. The average molecular weight is 410 g/mol. The van der Waals surface area contributed by atoms with Crippen LogP contribution in [-0.2, 0) is 4.74 Å². The molecule has 0 unspecified atom stereocenters. The van der Waals surface area contributed by atoms with Crippen molar-refractivity contribution in [2.75, 3.05) is 68.8 Å². The first-order chi connectivity index (χ1) is 14.8. The smallest absolute Gasteiger partial charge is 0.0642 e. The lowest BCUT2D eigenvalue weighted by Crippen LogP contribution is -2.47. The van der Waals surface area contributed by atoms with Crippen LogP contribution in [0.1, 0.15) is 57.4 Å². The van der Waals surface area contributed by atoms with Gasteiger partial charge in [-0.05, 0) is 74.3 Å². The van der Waals surface area contributed by atoms with Crippen molar-refractivity contribution in [3.05, 3.63) is 29.8 Å². The molecule has 0 bridgehead atoms. The van der Waals surface area contributed by atoms with E-state index in [-0.39, 0.29) is 0 Å². The lowest BCUT2D eigenvalue weighted by atomic mass is 9.83. The van der Waals surface area contributed by atoms with Crippen molar-refractivity contribution in [2.45, 2.75) is 51.9 Å². The summed E-state index contributed by atoms with van der Waals surface area (Å²) in [4.78, 5) is 7.81. The number of anilines is 2. The first-order valence-electron chi connectivity index (χ1n) is 12.4. The number of ether oxygens (including phenoxy) is 1. The fraction of sp³-hybridized carbons (Fsp3) is 0.692. The maximum absolute atomic E-state index is 5.59. The van der Waals surface area contributed by atoms with E-state index in [1.165, 1.54) is 81.5 Å².